The molecular weight excluding hydrogens is 296 g/mol. The molecule has 0 fully saturated rings. The van der Waals surface area contributed by atoms with Crippen LogP contribution in [-0.4, -0.2) is 24.6 Å². The van der Waals surface area contributed by atoms with E-state index >= 15 is 0 Å². The van der Waals surface area contributed by atoms with E-state index in [-0.39, 0.29) is 18.1 Å². The van der Waals surface area contributed by atoms with E-state index in [1.165, 1.54) is 0 Å². The Balaban J connectivity index is 2.31. The van der Waals surface area contributed by atoms with Gasteiger partial charge in [0.1, 0.15) is 11.9 Å². The normalized spacial score (nSPS) is 13.8. The Hall–Kier alpha value is -1.07. The first-order chi connectivity index (χ1) is 8.47. The highest BCUT2D eigenvalue weighted by Crippen LogP contribution is 2.17. The predicted molar refractivity (Wildman–Crippen MR) is 75.5 cm³/mol. The number of halogens is 1. The zero-order valence-corrected chi connectivity index (χ0v) is 12.2. The van der Waals surface area contributed by atoms with Gasteiger partial charge in [-0.25, -0.2) is 0 Å². The van der Waals surface area contributed by atoms with Gasteiger partial charge in [0.25, 0.3) is 0 Å². The Labute approximate surface area is 116 Å². The minimum absolute atomic E-state index is 0.0451. The van der Waals surface area contributed by atoms with Crippen LogP contribution in [0.15, 0.2) is 28.7 Å². The molecule has 0 aliphatic heterocycles. The first-order valence-corrected chi connectivity index (χ1v) is 6.71. The number of rotatable bonds is 6. The summed E-state index contributed by atoms with van der Waals surface area (Å²) in [5.41, 5.74) is 5.54. The summed E-state index contributed by atoms with van der Waals surface area (Å²) in [5.74, 6) is 0.739. The summed E-state index contributed by atoms with van der Waals surface area (Å²) in [6, 6.07) is 7.47. The van der Waals surface area contributed by atoms with Crippen molar-refractivity contribution >= 4 is 21.8 Å². The van der Waals surface area contributed by atoms with Gasteiger partial charge < -0.3 is 15.8 Å². The summed E-state index contributed by atoms with van der Waals surface area (Å²) in [6.45, 7) is 4.19. The second kappa shape index (κ2) is 7.38. The van der Waals surface area contributed by atoms with Gasteiger partial charge in [-0.1, -0.05) is 15.9 Å². The van der Waals surface area contributed by atoms with Crippen LogP contribution in [0.3, 0.4) is 0 Å². The van der Waals surface area contributed by atoms with Crippen LogP contribution in [0.5, 0.6) is 5.75 Å². The average molecular weight is 315 g/mol. The summed E-state index contributed by atoms with van der Waals surface area (Å²) < 4.78 is 6.67. The van der Waals surface area contributed by atoms with Crippen molar-refractivity contribution in [3.05, 3.63) is 28.7 Å². The summed E-state index contributed by atoms with van der Waals surface area (Å²) in [5, 5.41) is 2.79. The lowest BCUT2D eigenvalue weighted by atomic mass is 10.2. The van der Waals surface area contributed by atoms with Gasteiger partial charge in [0, 0.05) is 16.9 Å². The molecule has 0 saturated carbocycles. The third-order valence-corrected chi connectivity index (χ3v) is 2.77. The molecule has 1 rings (SSSR count). The van der Waals surface area contributed by atoms with Gasteiger partial charge in [-0.2, -0.15) is 0 Å². The molecule has 3 N–H and O–H groups in total. The van der Waals surface area contributed by atoms with Gasteiger partial charge >= 0.3 is 0 Å². The molecule has 0 heterocycles. The molecule has 0 bridgehead atoms. The molecular formula is C13H19BrN2O2. The molecule has 4 nitrogen and oxygen atoms in total. The zero-order chi connectivity index (χ0) is 13.5. The molecule has 100 valence electrons. The van der Waals surface area contributed by atoms with Crippen LogP contribution >= 0.6 is 15.9 Å². The first kappa shape index (κ1) is 15.0. The molecule has 0 radical (unpaired) electrons. The van der Waals surface area contributed by atoms with Crippen LogP contribution in [0.2, 0.25) is 0 Å². The summed E-state index contributed by atoms with van der Waals surface area (Å²) in [6.07, 6.45) is 0.258. The predicted octanol–water partition coefficient (Wildman–Crippen LogP) is 2.07. The number of amides is 1. The number of ether oxygens (including phenoxy) is 1. The summed E-state index contributed by atoms with van der Waals surface area (Å²) in [4.78, 5) is 11.4. The van der Waals surface area contributed by atoms with Crippen molar-refractivity contribution in [2.75, 3.05) is 6.54 Å². The summed E-state index contributed by atoms with van der Waals surface area (Å²) >= 11 is 3.36. The van der Waals surface area contributed by atoms with Crippen molar-refractivity contribution in [2.24, 2.45) is 5.73 Å². The van der Waals surface area contributed by atoms with E-state index in [1.54, 1.807) is 6.92 Å². The number of benzene rings is 1. The fraction of sp³-hybridized carbons (Fsp3) is 0.462. The number of hydrogen-bond acceptors (Lipinski definition) is 3. The third kappa shape index (κ3) is 6.02. The number of carbonyl (C=O) groups is 1. The van der Waals surface area contributed by atoms with Crippen molar-refractivity contribution in [2.45, 2.75) is 32.4 Å². The Morgan fingerprint density at radius 1 is 1.39 bits per heavy atom. The average Bonchev–Trinajstić information content (AvgIpc) is 2.29. The van der Waals surface area contributed by atoms with Gasteiger partial charge in [-0.3, -0.25) is 4.79 Å². The maximum absolute atomic E-state index is 11.4. The highest BCUT2D eigenvalue weighted by molar-refractivity contribution is 9.10. The lowest BCUT2D eigenvalue weighted by Crippen LogP contribution is -2.36. The molecule has 2 atom stereocenters. The minimum Gasteiger partial charge on any atom is -0.489 e. The van der Waals surface area contributed by atoms with Crippen molar-refractivity contribution in [1.29, 1.82) is 0 Å². The second-order valence-electron chi connectivity index (χ2n) is 4.37. The number of nitrogens with one attached hydrogen (secondary N) is 1. The van der Waals surface area contributed by atoms with Crippen LogP contribution in [0.1, 0.15) is 20.3 Å². The molecule has 1 aromatic rings. The van der Waals surface area contributed by atoms with Gasteiger partial charge in [0.2, 0.25) is 5.91 Å². The van der Waals surface area contributed by atoms with Crippen LogP contribution in [0.4, 0.5) is 0 Å². The fourth-order valence-electron chi connectivity index (χ4n) is 1.41. The lowest BCUT2D eigenvalue weighted by molar-refractivity contribution is -0.121. The topological polar surface area (TPSA) is 64.4 Å². The Morgan fingerprint density at radius 2 is 2.00 bits per heavy atom. The van der Waals surface area contributed by atoms with E-state index in [2.05, 4.69) is 21.2 Å². The van der Waals surface area contributed by atoms with Crippen LogP contribution in [0.25, 0.3) is 0 Å². The summed E-state index contributed by atoms with van der Waals surface area (Å²) in [7, 11) is 0. The molecule has 5 heteroatoms. The largest absolute Gasteiger partial charge is 0.489 e. The minimum atomic E-state index is -0.118. The van der Waals surface area contributed by atoms with Gasteiger partial charge in [-0.15, -0.1) is 0 Å². The van der Waals surface area contributed by atoms with E-state index in [9.17, 15) is 4.79 Å². The van der Waals surface area contributed by atoms with Crippen molar-refractivity contribution in [1.82, 2.24) is 5.32 Å². The monoisotopic (exact) mass is 314 g/mol. The molecule has 0 aromatic heterocycles. The lowest BCUT2D eigenvalue weighted by Gasteiger charge is -2.16. The van der Waals surface area contributed by atoms with E-state index in [1.807, 2.05) is 31.2 Å². The molecule has 2 unspecified atom stereocenters. The molecule has 0 spiro atoms. The van der Waals surface area contributed by atoms with Crippen LogP contribution in [-0.2, 0) is 4.79 Å². The molecule has 0 saturated heterocycles. The molecule has 0 aliphatic rings. The first-order valence-electron chi connectivity index (χ1n) is 5.92. The quantitative estimate of drug-likeness (QED) is 0.845. The Bertz CT molecular complexity index is 379. The Morgan fingerprint density at radius 3 is 2.56 bits per heavy atom. The standard InChI is InChI=1S/C13H19BrN2O2/c1-9(15)7-13(17)16-8-10(2)18-12-5-3-11(14)4-6-12/h3-6,9-10H,7-8,15H2,1-2H3,(H,16,17). The molecule has 0 aliphatic carbocycles. The second-order valence-corrected chi connectivity index (χ2v) is 5.28. The van der Waals surface area contributed by atoms with Crippen molar-refractivity contribution in [3.63, 3.8) is 0 Å². The molecule has 1 amide bonds. The fourth-order valence-corrected chi connectivity index (χ4v) is 1.67. The molecule has 1 aromatic carbocycles. The zero-order valence-electron chi connectivity index (χ0n) is 10.7. The van der Waals surface area contributed by atoms with Crippen molar-refractivity contribution < 1.29 is 9.53 Å². The number of nitrogens with two attached hydrogens (primary N) is 1. The van der Waals surface area contributed by atoms with E-state index in [0.717, 1.165) is 10.2 Å². The van der Waals surface area contributed by atoms with E-state index < -0.39 is 0 Å². The van der Waals surface area contributed by atoms with Crippen molar-refractivity contribution in [3.8, 4) is 5.75 Å². The maximum Gasteiger partial charge on any atom is 0.221 e. The van der Waals surface area contributed by atoms with Gasteiger partial charge in [-0.05, 0) is 38.1 Å². The maximum atomic E-state index is 11.4. The third-order valence-electron chi connectivity index (χ3n) is 2.24. The number of hydrogen-bond donors (Lipinski definition) is 2. The Kier molecular flexibility index (Phi) is 6.15. The SMILES string of the molecule is CC(N)CC(=O)NCC(C)Oc1ccc(Br)cc1. The van der Waals surface area contributed by atoms with Crippen LogP contribution < -0.4 is 15.8 Å². The smallest absolute Gasteiger partial charge is 0.221 e. The van der Waals surface area contributed by atoms with E-state index in [0.29, 0.717) is 13.0 Å². The highest BCUT2D eigenvalue weighted by Gasteiger charge is 2.08. The van der Waals surface area contributed by atoms with E-state index in [4.69, 9.17) is 10.5 Å². The van der Waals surface area contributed by atoms with Crippen LogP contribution in [0, 0.1) is 0 Å². The molecule has 18 heavy (non-hydrogen) atoms. The highest BCUT2D eigenvalue weighted by atomic mass is 79.9. The van der Waals surface area contributed by atoms with Gasteiger partial charge in [0.05, 0.1) is 6.54 Å². The number of carbonyl (C=O) groups excluding carboxylic acids is 1. The van der Waals surface area contributed by atoms with Gasteiger partial charge in [0.15, 0.2) is 0 Å².